The molecule has 0 bridgehead atoms. The number of nitrogens with zero attached hydrogens (tertiary/aromatic N) is 2. The van der Waals surface area contributed by atoms with Crippen LogP contribution < -0.4 is 9.47 Å². The van der Waals surface area contributed by atoms with Gasteiger partial charge in [0.1, 0.15) is 6.04 Å². The lowest BCUT2D eigenvalue weighted by Gasteiger charge is -2.37. The first-order valence-corrected chi connectivity index (χ1v) is 12.5. The average Bonchev–Trinajstić information content (AvgIpc) is 3.12. The predicted molar refractivity (Wildman–Crippen MR) is 121 cm³/mol. The van der Waals surface area contributed by atoms with Crippen molar-refractivity contribution in [1.29, 1.82) is 0 Å². The molecule has 32 heavy (non-hydrogen) atoms. The minimum atomic E-state index is -3.95. The molecular weight excluding hydrogens is 428 g/mol. The van der Waals surface area contributed by atoms with Crippen molar-refractivity contribution in [1.82, 2.24) is 9.21 Å². The minimum absolute atomic E-state index is 0.0863. The van der Waals surface area contributed by atoms with Crippen molar-refractivity contribution in [3.63, 3.8) is 0 Å². The molecular formula is C24H30N2O5S. The molecule has 0 N–H and O–H groups in total. The lowest BCUT2D eigenvalue weighted by atomic mass is 9.95. The van der Waals surface area contributed by atoms with E-state index in [4.69, 9.17) is 9.47 Å². The second kappa shape index (κ2) is 9.50. The highest BCUT2D eigenvalue weighted by molar-refractivity contribution is 7.89. The fraction of sp³-hybridized carbons (Fsp3) is 0.458. The molecule has 0 unspecified atom stereocenters. The summed E-state index contributed by atoms with van der Waals surface area (Å²) in [5, 5.41) is 0. The van der Waals surface area contributed by atoms with E-state index in [2.05, 4.69) is 0 Å². The Labute approximate surface area is 190 Å². The summed E-state index contributed by atoms with van der Waals surface area (Å²) >= 11 is 0. The minimum Gasteiger partial charge on any atom is -0.493 e. The van der Waals surface area contributed by atoms with E-state index in [9.17, 15) is 13.2 Å². The van der Waals surface area contributed by atoms with Crippen LogP contribution in [0.2, 0.25) is 0 Å². The number of hydrogen-bond acceptors (Lipinski definition) is 5. The van der Waals surface area contributed by atoms with E-state index in [1.165, 1.54) is 30.7 Å². The van der Waals surface area contributed by atoms with E-state index in [0.29, 0.717) is 31.0 Å². The highest BCUT2D eigenvalue weighted by Gasteiger charge is 2.41. The highest BCUT2D eigenvalue weighted by Crippen LogP contribution is 2.34. The maximum Gasteiger partial charge on any atom is 0.244 e. The normalized spacial score (nSPS) is 19.7. The van der Waals surface area contributed by atoms with Gasteiger partial charge in [-0.2, -0.15) is 4.31 Å². The number of sulfonamides is 1. The summed E-state index contributed by atoms with van der Waals surface area (Å²) in [4.78, 5) is 15.5. The van der Waals surface area contributed by atoms with Crippen LogP contribution in [0.25, 0.3) is 0 Å². The molecule has 2 aliphatic rings. The van der Waals surface area contributed by atoms with Crippen LogP contribution in [0.15, 0.2) is 47.4 Å². The zero-order chi connectivity index (χ0) is 22.7. The summed E-state index contributed by atoms with van der Waals surface area (Å²) in [7, 11) is -0.981. The van der Waals surface area contributed by atoms with Crippen molar-refractivity contribution >= 4 is 15.9 Å². The first kappa shape index (κ1) is 22.6. The van der Waals surface area contributed by atoms with Crippen LogP contribution in [0.3, 0.4) is 0 Å². The fourth-order valence-corrected chi connectivity index (χ4v) is 6.15. The van der Waals surface area contributed by atoms with Gasteiger partial charge in [0.25, 0.3) is 0 Å². The monoisotopic (exact) mass is 458 g/mol. The van der Waals surface area contributed by atoms with Gasteiger partial charge in [0.2, 0.25) is 15.9 Å². The summed E-state index contributed by atoms with van der Waals surface area (Å²) in [5.74, 6) is 0.680. The number of amides is 1. The molecule has 4 rings (SSSR count). The van der Waals surface area contributed by atoms with Gasteiger partial charge in [-0.15, -0.1) is 0 Å². The summed E-state index contributed by atoms with van der Waals surface area (Å²) in [6.07, 6.45) is 4.49. The number of hydrogen-bond donors (Lipinski definition) is 0. The van der Waals surface area contributed by atoms with Gasteiger partial charge in [0, 0.05) is 25.7 Å². The molecule has 0 saturated carbocycles. The van der Waals surface area contributed by atoms with Crippen molar-refractivity contribution < 1.29 is 22.7 Å². The molecule has 172 valence electrons. The lowest BCUT2D eigenvalue weighted by Crippen LogP contribution is -2.53. The van der Waals surface area contributed by atoms with E-state index in [1.54, 1.807) is 6.07 Å². The van der Waals surface area contributed by atoms with Crippen LogP contribution in [0, 0.1) is 0 Å². The molecule has 2 heterocycles. The van der Waals surface area contributed by atoms with Gasteiger partial charge in [-0.1, -0.05) is 37.1 Å². The van der Waals surface area contributed by atoms with Gasteiger partial charge in [-0.3, -0.25) is 4.79 Å². The molecule has 0 radical (unpaired) electrons. The Balaban J connectivity index is 1.73. The Hall–Kier alpha value is -2.58. The zero-order valence-corrected chi connectivity index (χ0v) is 19.4. The molecule has 0 spiro atoms. The van der Waals surface area contributed by atoms with Gasteiger partial charge < -0.3 is 14.4 Å². The number of likely N-dealkylation sites (tertiary alicyclic amines) is 1. The van der Waals surface area contributed by atoms with Crippen molar-refractivity contribution in [2.24, 2.45) is 0 Å². The molecule has 8 heteroatoms. The van der Waals surface area contributed by atoms with Crippen LogP contribution in [0.1, 0.15) is 36.8 Å². The Bertz CT molecular complexity index is 1080. The Morgan fingerprint density at radius 1 is 0.906 bits per heavy atom. The Morgan fingerprint density at radius 3 is 2.22 bits per heavy atom. The molecule has 1 fully saturated rings. The van der Waals surface area contributed by atoms with Gasteiger partial charge >= 0.3 is 0 Å². The molecule has 2 aromatic carbocycles. The summed E-state index contributed by atoms with van der Waals surface area (Å²) in [6.45, 7) is 1.53. The third-order valence-electron chi connectivity index (χ3n) is 6.37. The molecule has 2 aliphatic heterocycles. The van der Waals surface area contributed by atoms with Crippen LogP contribution >= 0.6 is 0 Å². The van der Waals surface area contributed by atoms with Gasteiger partial charge in [-0.05, 0) is 42.5 Å². The number of rotatable bonds is 5. The Morgan fingerprint density at radius 2 is 1.56 bits per heavy atom. The molecule has 0 aromatic heterocycles. The smallest absolute Gasteiger partial charge is 0.244 e. The van der Waals surface area contributed by atoms with Crippen molar-refractivity contribution in [2.45, 2.75) is 49.6 Å². The number of benzene rings is 2. The van der Waals surface area contributed by atoms with E-state index >= 15 is 0 Å². The fourth-order valence-electron chi connectivity index (χ4n) is 4.58. The van der Waals surface area contributed by atoms with Gasteiger partial charge in [-0.25, -0.2) is 8.42 Å². The maximum atomic E-state index is 13.8. The first-order chi connectivity index (χ1) is 15.5. The molecule has 1 amide bonds. The third-order valence-corrected chi connectivity index (χ3v) is 8.22. The summed E-state index contributed by atoms with van der Waals surface area (Å²) < 4.78 is 39.5. The number of fused-ring (bicyclic) bond motifs is 1. The predicted octanol–water partition coefficient (Wildman–Crippen LogP) is 3.22. The van der Waals surface area contributed by atoms with E-state index < -0.39 is 16.1 Å². The molecule has 0 aliphatic carbocycles. The SMILES string of the molecule is COc1ccc(S(=O)(=O)N2Cc3ccccc3C[C@H]2C(=O)N2CCCCCC2)cc1OC. The van der Waals surface area contributed by atoms with Crippen LogP contribution in [0.5, 0.6) is 11.5 Å². The summed E-state index contributed by atoms with van der Waals surface area (Å²) in [6, 6.07) is 11.5. The maximum absolute atomic E-state index is 13.8. The average molecular weight is 459 g/mol. The molecule has 1 atom stereocenters. The molecule has 2 aromatic rings. The second-order valence-corrected chi connectivity index (χ2v) is 10.2. The van der Waals surface area contributed by atoms with Crippen LogP contribution in [0.4, 0.5) is 0 Å². The topological polar surface area (TPSA) is 76.2 Å². The van der Waals surface area contributed by atoms with E-state index in [1.807, 2.05) is 29.2 Å². The van der Waals surface area contributed by atoms with Crippen molar-refractivity contribution in [3.8, 4) is 11.5 Å². The summed E-state index contributed by atoms with van der Waals surface area (Å²) in [5.41, 5.74) is 1.95. The number of carbonyl (C=O) groups excluding carboxylic acids is 1. The molecule has 7 nitrogen and oxygen atoms in total. The highest BCUT2D eigenvalue weighted by atomic mass is 32.2. The number of carbonyl (C=O) groups is 1. The number of methoxy groups -OCH3 is 2. The Kier molecular flexibility index (Phi) is 6.71. The van der Waals surface area contributed by atoms with Crippen molar-refractivity contribution in [2.75, 3.05) is 27.3 Å². The molecule has 1 saturated heterocycles. The van der Waals surface area contributed by atoms with Gasteiger partial charge in [0.05, 0.1) is 19.1 Å². The zero-order valence-electron chi connectivity index (χ0n) is 18.6. The quantitative estimate of drug-likeness (QED) is 0.688. The second-order valence-electron chi connectivity index (χ2n) is 8.30. The van der Waals surface area contributed by atoms with E-state index in [-0.39, 0.29) is 17.3 Å². The first-order valence-electron chi connectivity index (χ1n) is 11.0. The lowest BCUT2D eigenvalue weighted by molar-refractivity contribution is -0.135. The van der Waals surface area contributed by atoms with Crippen LogP contribution in [-0.4, -0.2) is 56.9 Å². The van der Waals surface area contributed by atoms with E-state index in [0.717, 1.165) is 36.8 Å². The van der Waals surface area contributed by atoms with Gasteiger partial charge in [0.15, 0.2) is 11.5 Å². The van der Waals surface area contributed by atoms with Crippen molar-refractivity contribution in [3.05, 3.63) is 53.6 Å². The standard InChI is InChI=1S/C24H30N2O5S/c1-30-22-12-11-20(16-23(22)31-2)32(28,29)26-17-19-10-6-5-9-18(19)15-21(26)24(27)25-13-7-3-4-8-14-25/h5-6,9-12,16,21H,3-4,7-8,13-15,17H2,1-2H3/t21-/m0/s1. The van der Waals surface area contributed by atoms with Crippen LogP contribution in [-0.2, 0) is 27.8 Å². The number of ether oxygens (including phenoxy) is 2. The largest absolute Gasteiger partial charge is 0.493 e. The third kappa shape index (κ3) is 4.34.